The van der Waals surface area contributed by atoms with E-state index in [1.54, 1.807) is 31.2 Å². The van der Waals surface area contributed by atoms with E-state index in [-0.39, 0.29) is 24.0 Å². The summed E-state index contributed by atoms with van der Waals surface area (Å²) in [6.07, 6.45) is 5.20. The number of anilines is 1. The summed E-state index contributed by atoms with van der Waals surface area (Å²) in [6, 6.07) is 9.43. The van der Waals surface area contributed by atoms with Crippen LogP contribution in [0.2, 0.25) is 5.02 Å². The average Bonchev–Trinajstić information content (AvgIpc) is 2.67. The molecule has 2 aromatic carbocycles. The van der Waals surface area contributed by atoms with E-state index in [0.717, 1.165) is 0 Å². The van der Waals surface area contributed by atoms with Crippen molar-refractivity contribution in [3.63, 3.8) is 0 Å². The van der Waals surface area contributed by atoms with Crippen LogP contribution in [0.4, 0.5) is 5.69 Å². The average molecular weight is 387 g/mol. The number of terminal acetylenes is 1. The summed E-state index contributed by atoms with van der Waals surface area (Å²) in [5.41, 5.74) is 1.06. The summed E-state index contributed by atoms with van der Waals surface area (Å²) in [5.74, 6) is 2.49. The number of ether oxygens (including phenoxy) is 2. The number of halogens is 1. The molecule has 2 amide bonds. The fraction of sp³-hybridized carbons (Fsp3) is 0.200. The zero-order valence-electron chi connectivity index (χ0n) is 15.0. The van der Waals surface area contributed by atoms with Crippen LogP contribution in [0, 0.1) is 12.3 Å². The first-order chi connectivity index (χ1) is 13.0. The van der Waals surface area contributed by atoms with Gasteiger partial charge in [-0.3, -0.25) is 9.59 Å². The minimum Gasteiger partial charge on any atom is -0.493 e. The summed E-state index contributed by atoms with van der Waals surface area (Å²) in [7, 11) is 1.49. The molecule has 0 aliphatic rings. The molecular weight excluding hydrogens is 368 g/mol. The highest BCUT2D eigenvalue weighted by Crippen LogP contribution is 2.28. The maximum absolute atomic E-state index is 12.6. The van der Waals surface area contributed by atoms with Crippen LogP contribution in [0.25, 0.3) is 0 Å². The molecule has 2 N–H and O–H groups in total. The van der Waals surface area contributed by atoms with Crippen molar-refractivity contribution in [2.45, 2.75) is 6.92 Å². The second-order valence-electron chi connectivity index (χ2n) is 5.37. The van der Waals surface area contributed by atoms with Gasteiger partial charge in [0.1, 0.15) is 6.61 Å². The first-order valence-electron chi connectivity index (χ1n) is 8.13. The van der Waals surface area contributed by atoms with Crippen LogP contribution >= 0.6 is 11.6 Å². The second-order valence-corrected chi connectivity index (χ2v) is 5.77. The lowest BCUT2D eigenvalue weighted by molar-refractivity contribution is 0.0954. The number of hydrogen-bond acceptors (Lipinski definition) is 4. The zero-order valence-corrected chi connectivity index (χ0v) is 15.7. The molecule has 0 atom stereocenters. The first-order valence-corrected chi connectivity index (χ1v) is 8.51. The lowest BCUT2D eigenvalue weighted by atomic mass is 10.1. The summed E-state index contributed by atoms with van der Waals surface area (Å²) < 4.78 is 10.6. The lowest BCUT2D eigenvalue weighted by Crippen LogP contribution is -2.23. The largest absolute Gasteiger partial charge is 0.493 e. The third-order valence-electron chi connectivity index (χ3n) is 3.54. The Morgan fingerprint density at radius 3 is 2.59 bits per heavy atom. The summed E-state index contributed by atoms with van der Waals surface area (Å²) >= 11 is 6.06. The van der Waals surface area contributed by atoms with Crippen molar-refractivity contribution in [1.82, 2.24) is 5.32 Å². The fourth-order valence-electron chi connectivity index (χ4n) is 2.29. The maximum atomic E-state index is 12.6. The van der Waals surface area contributed by atoms with Crippen molar-refractivity contribution < 1.29 is 19.1 Å². The lowest BCUT2D eigenvalue weighted by Gasteiger charge is -2.12. The Morgan fingerprint density at radius 1 is 1.15 bits per heavy atom. The highest BCUT2D eigenvalue weighted by molar-refractivity contribution is 6.34. The van der Waals surface area contributed by atoms with E-state index in [2.05, 4.69) is 16.6 Å². The monoisotopic (exact) mass is 386 g/mol. The van der Waals surface area contributed by atoms with Crippen molar-refractivity contribution in [2.75, 3.05) is 25.6 Å². The Bertz CT molecular complexity index is 890. The number of hydrogen-bond donors (Lipinski definition) is 2. The van der Waals surface area contributed by atoms with Crippen molar-refractivity contribution in [3.05, 3.63) is 52.5 Å². The Balaban J connectivity index is 2.23. The molecule has 0 spiro atoms. The van der Waals surface area contributed by atoms with Gasteiger partial charge in [-0.15, -0.1) is 6.42 Å². The van der Waals surface area contributed by atoms with Crippen LogP contribution in [0.15, 0.2) is 36.4 Å². The van der Waals surface area contributed by atoms with Crippen LogP contribution in [0.5, 0.6) is 11.5 Å². The normalized spacial score (nSPS) is 9.85. The van der Waals surface area contributed by atoms with Gasteiger partial charge in [0.15, 0.2) is 11.5 Å². The fourth-order valence-corrected chi connectivity index (χ4v) is 2.49. The molecule has 7 heteroatoms. The van der Waals surface area contributed by atoms with Gasteiger partial charge in [0.2, 0.25) is 0 Å². The first kappa shape index (κ1) is 20.1. The number of methoxy groups -OCH3 is 1. The molecule has 0 saturated heterocycles. The van der Waals surface area contributed by atoms with Gasteiger partial charge in [-0.2, -0.15) is 0 Å². The number of benzene rings is 2. The maximum Gasteiger partial charge on any atom is 0.255 e. The molecule has 27 heavy (non-hydrogen) atoms. The van der Waals surface area contributed by atoms with Crippen LogP contribution in [0.3, 0.4) is 0 Å². The zero-order chi connectivity index (χ0) is 19.8. The smallest absolute Gasteiger partial charge is 0.255 e. The molecule has 0 radical (unpaired) electrons. The molecule has 0 unspecified atom stereocenters. The Labute approximate surface area is 162 Å². The molecule has 0 aromatic heterocycles. The van der Waals surface area contributed by atoms with Crippen molar-refractivity contribution in [3.8, 4) is 23.8 Å². The number of carbonyl (C=O) groups excluding carboxylic acids is 2. The number of amides is 2. The molecular formula is C20H19ClN2O4. The second kappa shape index (κ2) is 9.51. The van der Waals surface area contributed by atoms with Gasteiger partial charge in [0, 0.05) is 17.8 Å². The third kappa shape index (κ3) is 5.16. The molecule has 140 valence electrons. The quantitative estimate of drug-likeness (QED) is 0.715. The van der Waals surface area contributed by atoms with E-state index in [0.29, 0.717) is 34.3 Å². The van der Waals surface area contributed by atoms with Gasteiger partial charge in [-0.1, -0.05) is 17.5 Å². The molecule has 0 fully saturated rings. The topological polar surface area (TPSA) is 76.7 Å². The molecule has 2 rings (SSSR count). The molecule has 0 aliphatic carbocycles. The van der Waals surface area contributed by atoms with Crippen LogP contribution in [-0.4, -0.2) is 32.1 Å². The highest BCUT2D eigenvalue weighted by atomic mass is 35.5. The van der Waals surface area contributed by atoms with Crippen molar-refractivity contribution >= 4 is 29.1 Å². The van der Waals surface area contributed by atoms with Gasteiger partial charge < -0.3 is 20.1 Å². The standard InChI is InChI=1S/C20H19ClN2O4/c1-4-10-27-18-11-13(6-9-17(18)26-3)19(24)23-14-7-8-16(21)15(12-14)20(25)22-5-2/h1,6-9,11-12H,5,10H2,2-3H3,(H,22,25)(H,23,24). The number of carbonyl (C=O) groups is 2. The molecule has 6 nitrogen and oxygen atoms in total. The van der Waals surface area contributed by atoms with Gasteiger partial charge in [-0.05, 0) is 43.3 Å². The molecule has 0 bridgehead atoms. The van der Waals surface area contributed by atoms with Crippen LogP contribution in [0.1, 0.15) is 27.6 Å². The predicted molar refractivity (Wildman–Crippen MR) is 105 cm³/mol. The van der Waals surface area contributed by atoms with E-state index in [4.69, 9.17) is 27.5 Å². The minimum atomic E-state index is -0.382. The Hall–Kier alpha value is -3.17. The van der Waals surface area contributed by atoms with E-state index < -0.39 is 0 Å². The van der Waals surface area contributed by atoms with E-state index in [9.17, 15) is 9.59 Å². The van der Waals surface area contributed by atoms with Gasteiger partial charge in [0.25, 0.3) is 11.8 Å². The van der Waals surface area contributed by atoms with Crippen LogP contribution in [-0.2, 0) is 0 Å². The molecule has 0 saturated carbocycles. The Morgan fingerprint density at radius 2 is 1.93 bits per heavy atom. The van der Waals surface area contributed by atoms with Crippen LogP contribution < -0.4 is 20.1 Å². The predicted octanol–water partition coefficient (Wildman–Crippen LogP) is 3.36. The Kier molecular flexibility index (Phi) is 7.09. The number of nitrogens with one attached hydrogen (secondary N) is 2. The summed E-state index contributed by atoms with van der Waals surface area (Å²) in [4.78, 5) is 24.6. The van der Waals surface area contributed by atoms with Gasteiger partial charge >= 0.3 is 0 Å². The SMILES string of the molecule is C#CCOc1cc(C(=O)Nc2ccc(Cl)c(C(=O)NCC)c2)ccc1OC. The van der Waals surface area contributed by atoms with Gasteiger partial charge in [0.05, 0.1) is 17.7 Å². The minimum absolute atomic E-state index is 0.0501. The van der Waals surface area contributed by atoms with Crippen molar-refractivity contribution in [2.24, 2.45) is 0 Å². The number of rotatable bonds is 7. The van der Waals surface area contributed by atoms with Gasteiger partial charge in [-0.25, -0.2) is 0 Å². The highest BCUT2D eigenvalue weighted by Gasteiger charge is 2.14. The van der Waals surface area contributed by atoms with E-state index >= 15 is 0 Å². The van der Waals surface area contributed by atoms with E-state index in [1.165, 1.54) is 19.2 Å². The third-order valence-corrected chi connectivity index (χ3v) is 3.87. The molecule has 0 aliphatic heterocycles. The summed E-state index contributed by atoms with van der Waals surface area (Å²) in [5, 5.41) is 5.70. The van der Waals surface area contributed by atoms with E-state index in [1.807, 2.05) is 0 Å². The summed E-state index contributed by atoms with van der Waals surface area (Å²) in [6.45, 7) is 2.33. The van der Waals surface area contributed by atoms with Crippen molar-refractivity contribution in [1.29, 1.82) is 0 Å². The molecule has 0 heterocycles. The molecule has 2 aromatic rings.